The molecule has 7 heteroatoms. The summed E-state index contributed by atoms with van der Waals surface area (Å²) in [5, 5.41) is 14.0. The molecule has 2 aromatic carbocycles. The van der Waals surface area contributed by atoms with E-state index in [0.29, 0.717) is 6.54 Å². The molecular weight excluding hydrogens is 431 g/mol. The number of para-hydroxylation sites is 1. The third-order valence-corrected chi connectivity index (χ3v) is 4.04. The van der Waals surface area contributed by atoms with E-state index in [4.69, 9.17) is 4.99 Å². The monoisotopic (exact) mass is 452 g/mol. The molecule has 3 rings (SSSR count). The molecule has 0 aromatic heterocycles. The lowest BCUT2D eigenvalue weighted by atomic mass is 10.2. The highest BCUT2D eigenvalue weighted by atomic mass is 127. The van der Waals surface area contributed by atoms with E-state index in [9.17, 15) is 10.1 Å². The van der Waals surface area contributed by atoms with Gasteiger partial charge < -0.3 is 10.2 Å². The minimum absolute atomic E-state index is 0. The number of hydrogen-bond acceptors (Lipinski definition) is 3. The number of nitro benzene ring substituents is 1. The fraction of sp³-hybridized carbons (Fsp3) is 0.278. The molecule has 0 aliphatic carbocycles. The molecule has 0 amide bonds. The Morgan fingerprint density at radius 1 is 1.24 bits per heavy atom. The molecule has 132 valence electrons. The number of halogens is 1. The van der Waals surface area contributed by atoms with Crippen molar-refractivity contribution in [2.24, 2.45) is 4.99 Å². The maximum Gasteiger partial charge on any atom is 0.269 e. The molecule has 0 bridgehead atoms. The summed E-state index contributed by atoms with van der Waals surface area (Å²) in [6, 6.07) is 14.9. The van der Waals surface area contributed by atoms with Crippen molar-refractivity contribution in [3.8, 4) is 0 Å². The first-order valence-corrected chi connectivity index (χ1v) is 8.06. The highest BCUT2D eigenvalue weighted by Gasteiger charge is 2.22. The summed E-state index contributed by atoms with van der Waals surface area (Å²) in [6.45, 7) is 4.23. The molecule has 0 unspecified atom stereocenters. The van der Waals surface area contributed by atoms with Gasteiger partial charge in [0.2, 0.25) is 0 Å². The number of fused-ring (bicyclic) bond motifs is 1. The van der Waals surface area contributed by atoms with Gasteiger partial charge in [-0.1, -0.05) is 30.3 Å². The lowest BCUT2D eigenvalue weighted by Crippen LogP contribution is -2.40. The molecule has 0 saturated carbocycles. The van der Waals surface area contributed by atoms with Crippen LogP contribution in [0.4, 0.5) is 11.4 Å². The van der Waals surface area contributed by atoms with Crippen LogP contribution >= 0.6 is 24.0 Å². The lowest BCUT2D eigenvalue weighted by Gasteiger charge is -2.22. The SMILES string of the molecule is CCNC(=NCc1ccc([N+](=O)[O-])cc1)N1CCc2ccccc21.I. The summed E-state index contributed by atoms with van der Waals surface area (Å²) in [6.07, 6.45) is 1.01. The van der Waals surface area contributed by atoms with E-state index in [2.05, 4.69) is 28.4 Å². The number of aliphatic imine (C=N–C) groups is 1. The fourth-order valence-corrected chi connectivity index (χ4v) is 2.84. The van der Waals surface area contributed by atoms with Crippen molar-refractivity contribution in [3.63, 3.8) is 0 Å². The largest absolute Gasteiger partial charge is 0.356 e. The van der Waals surface area contributed by atoms with Gasteiger partial charge in [0.15, 0.2) is 5.96 Å². The van der Waals surface area contributed by atoms with Gasteiger partial charge in [-0.25, -0.2) is 4.99 Å². The summed E-state index contributed by atoms with van der Waals surface area (Å²) in [5.41, 5.74) is 3.57. The average molecular weight is 452 g/mol. The minimum Gasteiger partial charge on any atom is -0.356 e. The number of anilines is 1. The van der Waals surface area contributed by atoms with Crippen LogP contribution in [0.1, 0.15) is 18.1 Å². The lowest BCUT2D eigenvalue weighted by molar-refractivity contribution is -0.384. The zero-order valence-corrected chi connectivity index (χ0v) is 16.3. The van der Waals surface area contributed by atoms with Gasteiger partial charge >= 0.3 is 0 Å². The van der Waals surface area contributed by atoms with Crippen LogP contribution in [-0.2, 0) is 13.0 Å². The molecule has 1 aliphatic rings. The summed E-state index contributed by atoms with van der Waals surface area (Å²) in [5.74, 6) is 0.848. The van der Waals surface area contributed by atoms with Gasteiger partial charge in [0.1, 0.15) is 0 Å². The zero-order valence-electron chi connectivity index (χ0n) is 14.0. The molecule has 1 N–H and O–H groups in total. The standard InChI is InChI=1S/C18H20N4O2.HI/c1-2-19-18(21-12-11-15-5-3-4-6-17(15)21)20-13-14-7-9-16(10-8-14)22(23)24;/h3-10H,2,11-13H2,1H3,(H,19,20);1H. The molecule has 0 atom stereocenters. The topological polar surface area (TPSA) is 70.8 Å². The Kier molecular flexibility index (Phi) is 6.74. The highest BCUT2D eigenvalue weighted by molar-refractivity contribution is 14.0. The van der Waals surface area contributed by atoms with Crippen molar-refractivity contribution in [2.75, 3.05) is 18.0 Å². The molecule has 0 fully saturated rings. The van der Waals surface area contributed by atoms with Crippen LogP contribution < -0.4 is 10.2 Å². The van der Waals surface area contributed by atoms with Gasteiger partial charge in [0.25, 0.3) is 5.69 Å². The van der Waals surface area contributed by atoms with Gasteiger partial charge in [-0.05, 0) is 30.5 Å². The van der Waals surface area contributed by atoms with Gasteiger partial charge in [-0.2, -0.15) is 0 Å². The second-order valence-corrected chi connectivity index (χ2v) is 5.62. The first-order valence-electron chi connectivity index (χ1n) is 8.06. The Labute approximate surface area is 164 Å². The number of nitro groups is 1. The number of nitrogens with one attached hydrogen (secondary N) is 1. The first kappa shape index (κ1) is 19.2. The average Bonchev–Trinajstić information content (AvgIpc) is 3.03. The van der Waals surface area contributed by atoms with Crippen LogP contribution in [0.15, 0.2) is 53.5 Å². The molecule has 1 heterocycles. The maximum atomic E-state index is 10.7. The van der Waals surface area contributed by atoms with Crippen molar-refractivity contribution in [1.82, 2.24) is 5.32 Å². The van der Waals surface area contributed by atoms with Crippen LogP contribution in [0.2, 0.25) is 0 Å². The number of benzene rings is 2. The summed E-state index contributed by atoms with van der Waals surface area (Å²) < 4.78 is 0. The van der Waals surface area contributed by atoms with E-state index in [0.717, 1.165) is 31.0 Å². The van der Waals surface area contributed by atoms with E-state index < -0.39 is 4.92 Å². The Morgan fingerprint density at radius 3 is 2.64 bits per heavy atom. The minimum atomic E-state index is -0.391. The van der Waals surface area contributed by atoms with Crippen molar-refractivity contribution in [3.05, 3.63) is 69.8 Å². The molecule has 0 spiro atoms. The number of nitrogens with zero attached hydrogens (tertiary/aromatic N) is 3. The van der Waals surface area contributed by atoms with Crippen molar-refractivity contribution in [2.45, 2.75) is 19.9 Å². The Hall–Kier alpha value is -2.16. The summed E-state index contributed by atoms with van der Waals surface area (Å²) in [7, 11) is 0. The van der Waals surface area contributed by atoms with Gasteiger partial charge in [0, 0.05) is 30.9 Å². The number of non-ortho nitro benzene ring substituents is 1. The number of rotatable bonds is 4. The predicted octanol–water partition coefficient (Wildman–Crippen LogP) is 3.74. The predicted molar refractivity (Wildman–Crippen MR) is 111 cm³/mol. The highest BCUT2D eigenvalue weighted by Crippen LogP contribution is 2.27. The smallest absolute Gasteiger partial charge is 0.269 e. The Balaban J connectivity index is 0.00000225. The van der Waals surface area contributed by atoms with Crippen LogP contribution in [0.25, 0.3) is 0 Å². The molecule has 25 heavy (non-hydrogen) atoms. The first-order chi connectivity index (χ1) is 11.7. The van der Waals surface area contributed by atoms with E-state index >= 15 is 0 Å². The van der Waals surface area contributed by atoms with Crippen LogP contribution in [-0.4, -0.2) is 24.0 Å². The molecular formula is C18H21IN4O2. The van der Waals surface area contributed by atoms with Gasteiger partial charge in [-0.3, -0.25) is 10.1 Å². The number of guanidine groups is 1. The van der Waals surface area contributed by atoms with Crippen molar-refractivity contribution < 1.29 is 4.92 Å². The Bertz CT molecular complexity index is 762. The molecule has 0 radical (unpaired) electrons. The van der Waals surface area contributed by atoms with Gasteiger partial charge in [-0.15, -0.1) is 24.0 Å². The third kappa shape index (κ3) is 4.47. The third-order valence-electron chi connectivity index (χ3n) is 4.04. The van der Waals surface area contributed by atoms with Gasteiger partial charge in [0.05, 0.1) is 11.5 Å². The molecule has 2 aromatic rings. The molecule has 1 aliphatic heterocycles. The van der Waals surface area contributed by atoms with Crippen LogP contribution in [0, 0.1) is 10.1 Å². The maximum absolute atomic E-state index is 10.7. The zero-order chi connectivity index (χ0) is 16.9. The van der Waals surface area contributed by atoms with E-state index in [-0.39, 0.29) is 29.7 Å². The van der Waals surface area contributed by atoms with Crippen LogP contribution in [0.3, 0.4) is 0 Å². The quantitative estimate of drug-likeness (QED) is 0.252. The van der Waals surface area contributed by atoms with E-state index in [1.165, 1.54) is 23.4 Å². The summed E-state index contributed by atoms with van der Waals surface area (Å²) in [4.78, 5) is 17.2. The van der Waals surface area contributed by atoms with Crippen molar-refractivity contribution in [1.29, 1.82) is 0 Å². The van der Waals surface area contributed by atoms with Crippen LogP contribution in [0.5, 0.6) is 0 Å². The second-order valence-electron chi connectivity index (χ2n) is 5.62. The van der Waals surface area contributed by atoms with E-state index in [1.54, 1.807) is 12.1 Å². The van der Waals surface area contributed by atoms with Crippen molar-refractivity contribution >= 4 is 41.3 Å². The summed E-state index contributed by atoms with van der Waals surface area (Å²) >= 11 is 0. The molecule has 6 nitrogen and oxygen atoms in total. The number of hydrogen-bond donors (Lipinski definition) is 1. The normalized spacial score (nSPS) is 13.2. The molecule has 0 saturated heterocycles. The Morgan fingerprint density at radius 2 is 1.96 bits per heavy atom. The second kappa shape index (κ2) is 8.80. The fourth-order valence-electron chi connectivity index (χ4n) is 2.84. The van der Waals surface area contributed by atoms with E-state index in [1.807, 2.05) is 13.0 Å².